The number of carbonyl (C=O) groups excluding carboxylic acids is 1. The molecule has 1 aromatic rings. The molecule has 32 heavy (non-hydrogen) atoms. The molecule has 6 nitrogen and oxygen atoms in total. The molecule has 4 saturated carbocycles. The molecule has 1 heterocycles. The van der Waals surface area contributed by atoms with Gasteiger partial charge in [0, 0.05) is 30.1 Å². The van der Waals surface area contributed by atoms with E-state index >= 15 is 0 Å². The summed E-state index contributed by atoms with van der Waals surface area (Å²) in [5.74, 6) is 2.71. The van der Waals surface area contributed by atoms with Gasteiger partial charge in [-0.15, -0.1) is 11.6 Å². The zero-order chi connectivity index (χ0) is 22.3. The van der Waals surface area contributed by atoms with Crippen LogP contribution in [0.3, 0.4) is 0 Å². The number of halogens is 1. The predicted octanol–water partition coefficient (Wildman–Crippen LogP) is 4.84. The molecular weight excluding hydrogens is 428 g/mol. The van der Waals surface area contributed by atoms with Crippen molar-refractivity contribution >= 4 is 28.9 Å². The maximum atomic E-state index is 13.7. The number of ether oxygens (including phenoxy) is 3. The molecule has 0 spiro atoms. The van der Waals surface area contributed by atoms with Crippen LogP contribution in [0.5, 0.6) is 11.5 Å². The Hall–Kier alpha value is -1.66. The molecule has 4 bridgehead atoms. The van der Waals surface area contributed by atoms with Gasteiger partial charge in [-0.3, -0.25) is 4.79 Å². The van der Waals surface area contributed by atoms with Crippen molar-refractivity contribution in [2.45, 2.75) is 57.2 Å². The Morgan fingerprint density at radius 2 is 1.75 bits per heavy atom. The van der Waals surface area contributed by atoms with Crippen LogP contribution in [0.15, 0.2) is 12.1 Å². The second-order valence-corrected chi connectivity index (χ2v) is 10.9. The van der Waals surface area contributed by atoms with E-state index in [9.17, 15) is 4.79 Å². The van der Waals surface area contributed by atoms with Crippen LogP contribution >= 0.6 is 11.6 Å². The monoisotopic (exact) mass is 462 g/mol. The summed E-state index contributed by atoms with van der Waals surface area (Å²) in [6, 6.07) is 3.95. The SMILES string of the molecule is CCOc1cc(N2CCOCC2)c(OCC)cc1NC(=O)C12C[C@@H]3C[C@@H](CC(Cl)(C3)C1)C2. The maximum absolute atomic E-state index is 13.7. The van der Waals surface area contributed by atoms with Crippen molar-refractivity contribution in [2.24, 2.45) is 17.3 Å². The Labute approximate surface area is 195 Å². The molecule has 6 rings (SSSR count). The molecule has 1 aliphatic heterocycles. The van der Waals surface area contributed by atoms with Crippen LogP contribution in [-0.2, 0) is 9.53 Å². The highest BCUT2D eigenvalue weighted by Gasteiger charge is 2.60. The molecule has 7 heteroatoms. The van der Waals surface area contributed by atoms with Crippen molar-refractivity contribution in [1.82, 2.24) is 0 Å². The molecule has 1 N–H and O–H groups in total. The average Bonchev–Trinajstić information content (AvgIpc) is 2.74. The first-order chi connectivity index (χ1) is 15.4. The van der Waals surface area contributed by atoms with Gasteiger partial charge in [0.2, 0.25) is 5.91 Å². The first-order valence-electron chi connectivity index (χ1n) is 12.2. The van der Waals surface area contributed by atoms with Crippen LogP contribution in [-0.4, -0.2) is 50.3 Å². The summed E-state index contributed by atoms with van der Waals surface area (Å²) in [7, 11) is 0. The molecule has 5 aliphatic rings. The number of benzene rings is 1. The third kappa shape index (κ3) is 4.05. The minimum atomic E-state index is -0.357. The normalized spacial score (nSPS) is 33.3. The highest BCUT2D eigenvalue weighted by molar-refractivity contribution is 6.24. The van der Waals surface area contributed by atoms with Crippen molar-refractivity contribution in [3.63, 3.8) is 0 Å². The summed E-state index contributed by atoms with van der Waals surface area (Å²) >= 11 is 6.98. The van der Waals surface area contributed by atoms with E-state index in [4.69, 9.17) is 25.8 Å². The van der Waals surface area contributed by atoms with Gasteiger partial charge in [0.1, 0.15) is 11.5 Å². The van der Waals surface area contributed by atoms with Gasteiger partial charge in [0.25, 0.3) is 0 Å². The van der Waals surface area contributed by atoms with Crippen molar-refractivity contribution in [3.8, 4) is 11.5 Å². The third-order valence-corrected chi connectivity index (χ3v) is 8.17. The fourth-order valence-electron chi connectivity index (χ4n) is 6.92. The summed E-state index contributed by atoms with van der Waals surface area (Å²) in [6.07, 6.45) is 6.06. The van der Waals surface area contributed by atoms with E-state index in [1.807, 2.05) is 26.0 Å². The first kappa shape index (κ1) is 22.1. The van der Waals surface area contributed by atoms with Crippen LogP contribution < -0.4 is 19.7 Å². The summed E-state index contributed by atoms with van der Waals surface area (Å²) in [6.45, 7) is 8.03. The van der Waals surface area contributed by atoms with Gasteiger partial charge in [-0.25, -0.2) is 0 Å². The van der Waals surface area contributed by atoms with Crippen molar-refractivity contribution in [3.05, 3.63) is 12.1 Å². The fourth-order valence-corrected chi connectivity index (χ4v) is 7.61. The molecule has 0 aromatic heterocycles. The number of amides is 1. The molecule has 1 amide bonds. The van der Waals surface area contributed by atoms with Crippen LogP contribution in [0.25, 0.3) is 0 Å². The van der Waals surface area contributed by atoms with E-state index in [0.29, 0.717) is 49.7 Å². The minimum absolute atomic E-state index is 0.0964. The lowest BCUT2D eigenvalue weighted by atomic mass is 9.49. The van der Waals surface area contributed by atoms with Gasteiger partial charge in [-0.1, -0.05) is 0 Å². The molecule has 1 aromatic carbocycles. The summed E-state index contributed by atoms with van der Waals surface area (Å²) in [5.41, 5.74) is 1.33. The van der Waals surface area contributed by atoms with Crippen LogP contribution in [0.2, 0.25) is 0 Å². The van der Waals surface area contributed by atoms with Crippen LogP contribution in [0.1, 0.15) is 52.4 Å². The smallest absolute Gasteiger partial charge is 0.230 e. The number of hydrogen-bond acceptors (Lipinski definition) is 5. The highest BCUT2D eigenvalue weighted by Crippen LogP contribution is 2.64. The Morgan fingerprint density at radius 1 is 1.09 bits per heavy atom. The van der Waals surface area contributed by atoms with E-state index in [2.05, 4.69) is 10.2 Å². The summed E-state index contributed by atoms with van der Waals surface area (Å²) in [5, 5.41) is 3.25. The zero-order valence-corrected chi connectivity index (χ0v) is 20.0. The predicted molar refractivity (Wildman–Crippen MR) is 126 cm³/mol. The number of carbonyl (C=O) groups is 1. The topological polar surface area (TPSA) is 60.0 Å². The lowest BCUT2D eigenvalue weighted by molar-refractivity contribution is -0.138. The second-order valence-electron chi connectivity index (χ2n) is 10.1. The average molecular weight is 463 g/mol. The lowest BCUT2D eigenvalue weighted by Gasteiger charge is -2.59. The highest BCUT2D eigenvalue weighted by atomic mass is 35.5. The maximum Gasteiger partial charge on any atom is 0.230 e. The lowest BCUT2D eigenvalue weighted by Crippen LogP contribution is -2.57. The van der Waals surface area contributed by atoms with Crippen molar-refractivity contribution in [1.29, 1.82) is 0 Å². The van der Waals surface area contributed by atoms with Gasteiger partial charge >= 0.3 is 0 Å². The standard InChI is InChI=1S/C25H35ClN2O4/c1-3-31-21-11-20(28-5-7-30-8-6-28)22(32-4-2)10-19(21)27-23(29)24-12-17-9-18(13-24)15-25(26,14-17)16-24/h10-11,17-18H,3-9,12-16H2,1-2H3,(H,27,29)/t17-,18+,24?,25?. The minimum Gasteiger partial charge on any atom is -0.492 e. The molecule has 1 saturated heterocycles. The van der Waals surface area contributed by atoms with E-state index in [-0.39, 0.29) is 16.2 Å². The fraction of sp³-hybridized carbons (Fsp3) is 0.720. The number of anilines is 2. The first-order valence-corrected chi connectivity index (χ1v) is 12.6. The van der Waals surface area contributed by atoms with Gasteiger partial charge in [-0.2, -0.15) is 0 Å². The summed E-state index contributed by atoms with van der Waals surface area (Å²) in [4.78, 5) is 15.8. The molecule has 4 aliphatic carbocycles. The Morgan fingerprint density at radius 3 is 2.38 bits per heavy atom. The van der Waals surface area contributed by atoms with Crippen LogP contribution in [0.4, 0.5) is 11.4 Å². The van der Waals surface area contributed by atoms with Gasteiger partial charge in [0.05, 0.1) is 43.2 Å². The largest absolute Gasteiger partial charge is 0.492 e. The van der Waals surface area contributed by atoms with E-state index in [1.54, 1.807) is 0 Å². The van der Waals surface area contributed by atoms with Gasteiger partial charge in [0.15, 0.2) is 0 Å². The van der Waals surface area contributed by atoms with Crippen LogP contribution in [0, 0.1) is 17.3 Å². The third-order valence-electron chi connectivity index (χ3n) is 7.73. The molecular formula is C25H35ClN2O4. The number of rotatable bonds is 7. The quantitative estimate of drug-likeness (QED) is 0.587. The Bertz CT molecular complexity index is 856. The van der Waals surface area contributed by atoms with Gasteiger partial charge in [-0.05, 0) is 64.2 Å². The number of hydrogen-bond donors (Lipinski definition) is 1. The second kappa shape index (κ2) is 8.60. The molecule has 2 unspecified atom stereocenters. The van der Waals surface area contributed by atoms with E-state index in [1.165, 1.54) is 6.42 Å². The van der Waals surface area contributed by atoms with Crippen molar-refractivity contribution in [2.75, 3.05) is 49.7 Å². The number of nitrogens with one attached hydrogen (secondary N) is 1. The van der Waals surface area contributed by atoms with E-state index < -0.39 is 0 Å². The molecule has 5 fully saturated rings. The van der Waals surface area contributed by atoms with E-state index in [0.717, 1.165) is 56.6 Å². The number of nitrogens with zero attached hydrogens (tertiary/aromatic N) is 1. The molecule has 0 radical (unpaired) electrons. The number of morpholine rings is 1. The van der Waals surface area contributed by atoms with Crippen molar-refractivity contribution < 1.29 is 19.0 Å². The molecule has 4 atom stereocenters. The zero-order valence-electron chi connectivity index (χ0n) is 19.3. The Kier molecular flexibility index (Phi) is 5.95. The number of alkyl halides is 1. The Balaban J connectivity index is 1.44. The summed E-state index contributed by atoms with van der Waals surface area (Å²) < 4.78 is 17.5. The van der Waals surface area contributed by atoms with Gasteiger partial charge < -0.3 is 24.4 Å². The molecule has 176 valence electrons.